The molecule has 0 spiro atoms. The van der Waals surface area contributed by atoms with Gasteiger partial charge in [-0.25, -0.2) is 0 Å². The zero-order chi connectivity index (χ0) is 29.0. The Labute approximate surface area is 264 Å². The first-order valence-corrected chi connectivity index (χ1v) is 16.5. The zero-order valence-corrected chi connectivity index (χ0v) is 25.5. The van der Waals surface area contributed by atoms with Crippen LogP contribution in [0.4, 0.5) is 0 Å². The van der Waals surface area contributed by atoms with Crippen molar-refractivity contribution in [2.75, 3.05) is 0 Å². The summed E-state index contributed by atoms with van der Waals surface area (Å²) in [6.07, 6.45) is 0. The highest BCUT2D eigenvalue weighted by molar-refractivity contribution is 7.26. The molecule has 0 saturated heterocycles. The second-order valence-corrected chi connectivity index (χ2v) is 13.5. The van der Waals surface area contributed by atoms with Crippen molar-refractivity contribution in [3.05, 3.63) is 158 Å². The van der Waals surface area contributed by atoms with E-state index in [0.29, 0.717) is 0 Å². The monoisotopic (exact) mass is 594 g/mol. The number of rotatable bonds is 4. The Morgan fingerprint density at radius 3 is 1.27 bits per heavy atom. The highest BCUT2D eigenvalue weighted by Gasteiger charge is 2.10. The van der Waals surface area contributed by atoms with E-state index in [1.54, 1.807) is 0 Å². The van der Waals surface area contributed by atoms with Crippen molar-refractivity contribution in [1.82, 2.24) is 0 Å². The van der Waals surface area contributed by atoms with Crippen LogP contribution in [0.1, 0.15) is 0 Å². The Kier molecular flexibility index (Phi) is 5.97. The Morgan fingerprint density at radius 1 is 0.227 bits per heavy atom. The van der Waals surface area contributed by atoms with Crippen LogP contribution in [-0.2, 0) is 0 Å². The molecular formula is C42H26S2. The molecule has 2 heteroatoms. The first kappa shape index (κ1) is 25.5. The third-order valence-corrected chi connectivity index (χ3v) is 11.0. The molecule has 206 valence electrons. The van der Waals surface area contributed by atoms with Crippen LogP contribution in [-0.4, -0.2) is 0 Å². The van der Waals surface area contributed by atoms with E-state index in [4.69, 9.17) is 0 Å². The van der Waals surface area contributed by atoms with Gasteiger partial charge < -0.3 is 0 Å². The molecule has 0 atom stereocenters. The average molecular weight is 595 g/mol. The largest absolute Gasteiger partial charge is 0.135 e. The maximum atomic E-state index is 2.35. The fourth-order valence-corrected chi connectivity index (χ4v) is 8.65. The minimum atomic E-state index is 1.23. The summed E-state index contributed by atoms with van der Waals surface area (Å²) < 4.78 is 5.36. The zero-order valence-electron chi connectivity index (χ0n) is 23.8. The quantitative estimate of drug-likeness (QED) is 0.190. The molecule has 0 saturated carbocycles. The molecule has 0 aliphatic carbocycles. The maximum absolute atomic E-state index is 2.35. The van der Waals surface area contributed by atoms with E-state index in [0.717, 1.165) is 0 Å². The average Bonchev–Trinajstić information content (AvgIpc) is 3.66. The lowest BCUT2D eigenvalue weighted by Crippen LogP contribution is -1.84. The van der Waals surface area contributed by atoms with Crippen molar-refractivity contribution in [3.8, 4) is 44.5 Å². The SMILES string of the molecule is c1cc(-c2ccc(-c3cccc(-c4ccc5sc6ccccc6c5c4)c3)cc2)cc(-c2ccc3c(c2)sc2ccccc23)c1. The number of hydrogen-bond acceptors (Lipinski definition) is 2. The van der Waals surface area contributed by atoms with Crippen molar-refractivity contribution in [3.63, 3.8) is 0 Å². The van der Waals surface area contributed by atoms with Gasteiger partial charge in [0, 0.05) is 40.3 Å². The molecule has 0 unspecified atom stereocenters. The Balaban J connectivity index is 1.02. The number of fused-ring (bicyclic) bond motifs is 6. The Morgan fingerprint density at radius 2 is 0.636 bits per heavy atom. The molecule has 44 heavy (non-hydrogen) atoms. The van der Waals surface area contributed by atoms with Gasteiger partial charge in [-0.15, -0.1) is 22.7 Å². The number of hydrogen-bond donors (Lipinski definition) is 0. The van der Waals surface area contributed by atoms with E-state index in [2.05, 4.69) is 158 Å². The lowest BCUT2D eigenvalue weighted by molar-refractivity contribution is 1.58. The van der Waals surface area contributed by atoms with Gasteiger partial charge in [0.1, 0.15) is 0 Å². The number of thiophene rings is 2. The van der Waals surface area contributed by atoms with Gasteiger partial charge in [0.05, 0.1) is 0 Å². The minimum Gasteiger partial charge on any atom is -0.135 e. The molecule has 0 radical (unpaired) electrons. The molecule has 0 bridgehead atoms. The lowest BCUT2D eigenvalue weighted by Gasteiger charge is -2.09. The third-order valence-electron chi connectivity index (χ3n) is 8.70. The van der Waals surface area contributed by atoms with Gasteiger partial charge in [-0.1, -0.05) is 115 Å². The van der Waals surface area contributed by atoms with Crippen LogP contribution in [0, 0.1) is 0 Å². The Bertz CT molecular complexity index is 2490. The van der Waals surface area contributed by atoms with Gasteiger partial charge in [-0.05, 0) is 87.0 Å². The van der Waals surface area contributed by atoms with Crippen molar-refractivity contribution in [1.29, 1.82) is 0 Å². The van der Waals surface area contributed by atoms with Crippen molar-refractivity contribution >= 4 is 63.0 Å². The van der Waals surface area contributed by atoms with E-state index in [9.17, 15) is 0 Å². The van der Waals surface area contributed by atoms with Crippen molar-refractivity contribution in [2.24, 2.45) is 0 Å². The summed E-state index contributed by atoms with van der Waals surface area (Å²) in [5.74, 6) is 0. The predicted molar refractivity (Wildman–Crippen MR) is 194 cm³/mol. The van der Waals surface area contributed by atoms with E-state index >= 15 is 0 Å². The second kappa shape index (κ2) is 10.3. The van der Waals surface area contributed by atoms with Crippen LogP contribution >= 0.6 is 22.7 Å². The van der Waals surface area contributed by atoms with E-state index in [1.165, 1.54) is 84.9 Å². The second-order valence-electron chi connectivity index (χ2n) is 11.4. The lowest BCUT2D eigenvalue weighted by atomic mass is 9.95. The van der Waals surface area contributed by atoms with Crippen LogP contribution < -0.4 is 0 Å². The molecule has 9 rings (SSSR count). The fraction of sp³-hybridized carbons (Fsp3) is 0. The van der Waals surface area contributed by atoms with E-state index in [-0.39, 0.29) is 0 Å². The molecule has 7 aromatic carbocycles. The minimum absolute atomic E-state index is 1.23. The fourth-order valence-electron chi connectivity index (χ4n) is 6.42. The molecule has 2 aromatic heterocycles. The van der Waals surface area contributed by atoms with Crippen LogP contribution in [0.15, 0.2) is 158 Å². The van der Waals surface area contributed by atoms with Crippen molar-refractivity contribution in [2.45, 2.75) is 0 Å². The van der Waals surface area contributed by atoms with Gasteiger partial charge in [0.25, 0.3) is 0 Å². The molecule has 0 amide bonds. The van der Waals surface area contributed by atoms with E-state index in [1.807, 2.05) is 22.7 Å². The summed E-state index contributed by atoms with van der Waals surface area (Å²) in [6.45, 7) is 0. The summed E-state index contributed by atoms with van der Waals surface area (Å²) in [6, 6.07) is 58.0. The third kappa shape index (κ3) is 4.34. The van der Waals surface area contributed by atoms with Crippen molar-refractivity contribution < 1.29 is 0 Å². The molecular weight excluding hydrogens is 569 g/mol. The summed E-state index contributed by atoms with van der Waals surface area (Å²) in [5, 5.41) is 5.36. The summed E-state index contributed by atoms with van der Waals surface area (Å²) in [7, 11) is 0. The van der Waals surface area contributed by atoms with Crippen LogP contribution in [0.3, 0.4) is 0 Å². The topological polar surface area (TPSA) is 0 Å². The molecule has 0 nitrogen and oxygen atoms in total. The van der Waals surface area contributed by atoms with Crippen LogP contribution in [0.2, 0.25) is 0 Å². The predicted octanol–water partition coefficient (Wildman–Crippen LogP) is 13.1. The molecule has 2 heterocycles. The normalized spacial score (nSPS) is 11.6. The maximum Gasteiger partial charge on any atom is 0.0361 e. The molecule has 9 aromatic rings. The summed E-state index contributed by atoms with van der Waals surface area (Å²) in [5.41, 5.74) is 9.91. The summed E-state index contributed by atoms with van der Waals surface area (Å²) in [4.78, 5) is 0. The van der Waals surface area contributed by atoms with Crippen LogP contribution in [0.5, 0.6) is 0 Å². The van der Waals surface area contributed by atoms with Gasteiger partial charge in [-0.3, -0.25) is 0 Å². The highest BCUT2D eigenvalue weighted by atomic mass is 32.1. The van der Waals surface area contributed by atoms with Gasteiger partial charge >= 0.3 is 0 Å². The van der Waals surface area contributed by atoms with Gasteiger partial charge in [0.2, 0.25) is 0 Å². The first-order chi connectivity index (χ1) is 21.8. The highest BCUT2D eigenvalue weighted by Crippen LogP contribution is 2.39. The molecule has 0 N–H and O–H groups in total. The molecule has 0 fully saturated rings. The van der Waals surface area contributed by atoms with Crippen LogP contribution in [0.25, 0.3) is 84.9 Å². The van der Waals surface area contributed by atoms with Gasteiger partial charge in [0.15, 0.2) is 0 Å². The first-order valence-electron chi connectivity index (χ1n) is 14.9. The number of benzene rings is 7. The smallest absolute Gasteiger partial charge is 0.0361 e. The molecule has 0 aliphatic heterocycles. The Hall–Kier alpha value is -5.02. The molecule has 0 aliphatic rings. The standard InChI is InChI=1S/C42H26S2/c1-3-13-39-35(11-1)37-21-19-34(26-42(37)44-39)32-10-6-8-30(24-32)28-17-15-27(16-18-28)29-7-5-9-31(23-29)33-20-22-41-38(25-33)36-12-2-4-14-40(36)43-41/h1-26H. The van der Waals surface area contributed by atoms with Gasteiger partial charge in [-0.2, -0.15) is 0 Å². The summed E-state index contributed by atoms with van der Waals surface area (Å²) >= 11 is 3.74. The van der Waals surface area contributed by atoms with E-state index < -0.39 is 0 Å².